The van der Waals surface area contributed by atoms with E-state index in [1.54, 1.807) is 12.1 Å². The van der Waals surface area contributed by atoms with Gasteiger partial charge < -0.3 is 10.3 Å². The number of aromatic amines is 1. The topological polar surface area (TPSA) is 112 Å². The predicted molar refractivity (Wildman–Crippen MR) is 106 cm³/mol. The number of H-pyrrole nitrogens is 1. The second-order valence-corrected chi connectivity index (χ2v) is 9.06. The summed E-state index contributed by atoms with van der Waals surface area (Å²) in [5.74, 6) is -0.300. The maximum atomic E-state index is 12.2. The summed E-state index contributed by atoms with van der Waals surface area (Å²) in [6.45, 7) is 1.99. The molecule has 2 aromatic rings. The minimum atomic E-state index is -3.58. The smallest absolute Gasteiger partial charge is 0.251 e. The van der Waals surface area contributed by atoms with Crippen molar-refractivity contribution in [3.63, 3.8) is 0 Å². The van der Waals surface area contributed by atoms with Gasteiger partial charge >= 0.3 is 0 Å². The van der Waals surface area contributed by atoms with E-state index in [1.807, 2.05) is 6.92 Å². The molecule has 0 spiro atoms. The van der Waals surface area contributed by atoms with Crippen LogP contribution in [0.25, 0.3) is 0 Å². The number of sulfonamides is 1. The first-order valence-electron chi connectivity index (χ1n) is 8.28. The molecule has 0 radical (unpaired) electrons. The van der Waals surface area contributed by atoms with E-state index in [1.165, 1.54) is 32.3 Å². The number of aromatic nitrogens is 2. The van der Waals surface area contributed by atoms with Gasteiger partial charge in [-0.05, 0) is 24.6 Å². The summed E-state index contributed by atoms with van der Waals surface area (Å²) in [6, 6.07) is 7.49. The average molecular weight is 411 g/mol. The number of hydrogen-bond donors (Lipinski definition) is 2. The zero-order chi connectivity index (χ0) is 20.0. The van der Waals surface area contributed by atoms with Crippen LogP contribution in [0.2, 0.25) is 0 Å². The Morgan fingerprint density at radius 3 is 2.70 bits per heavy atom. The van der Waals surface area contributed by atoms with Crippen LogP contribution >= 0.6 is 11.8 Å². The van der Waals surface area contributed by atoms with Gasteiger partial charge in [-0.1, -0.05) is 31.2 Å². The Balaban J connectivity index is 2.04. The monoisotopic (exact) mass is 410 g/mol. The number of anilines is 1. The lowest BCUT2D eigenvalue weighted by Gasteiger charge is -2.12. The number of carbonyl (C=O) groups excluding carboxylic acids is 1. The molecule has 0 atom stereocenters. The normalized spacial score (nSPS) is 11.6. The van der Waals surface area contributed by atoms with Gasteiger partial charge in [-0.15, -0.1) is 0 Å². The molecule has 146 valence electrons. The van der Waals surface area contributed by atoms with Crippen LogP contribution in [-0.4, -0.2) is 48.4 Å². The van der Waals surface area contributed by atoms with Crippen molar-refractivity contribution in [2.24, 2.45) is 0 Å². The standard InChI is InChI=1S/C17H22N4O4S2/c1-4-6-12-10-15(22)20-17(19-12)26-11-16(23)18-13-7-5-8-14(9-13)27(24,25)21(2)3/h5,7-10H,4,6,11H2,1-3H3,(H,18,23)(H,19,20,22). The summed E-state index contributed by atoms with van der Waals surface area (Å²) >= 11 is 1.11. The van der Waals surface area contributed by atoms with Gasteiger partial charge in [0.1, 0.15) is 0 Å². The number of nitrogens with zero attached hydrogens (tertiary/aromatic N) is 2. The number of aryl methyl sites for hydroxylation is 1. The lowest BCUT2D eigenvalue weighted by Crippen LogP contribution is -2.22. The third-order valence-corrected chi connectivity index (χ3v) is 6.20. The summed E-state index contributed by atoms with van der Waals surface area (Å²) < 4.78 is 25.4. The number of amides is 1. The molecular weight excluding hydrogens is 388 g/mol. The molecule has 0 saturated heterocycles. The highest BCUT2D eigenvalue weighted by molar-refractivity contribution is 7.99. The Morgan fingerprint density at radius 2 is 2.04 bits per heavy atom. The van der Waals surface area contributed by atoms with Crippen LogP contribution in [-0.2, 0) is 21.2 Å². The number of nitrogens with one attached hydrogen (secondary N) is 2. The first-order valence-corrected chi connectivity index (χ1v) is 10.7. The molecule has 10 heteroatoms. The molecule has 0 unspecified atom stereocenters. The van der Waals surface area contributed by atoms with E-state index in [0.29, 0.717) is 23.0 Å². The molecule has 0 fully saturated rings. The molecular formula is C17H22N4O4S2. The highest BCUT2D eigenvalue weighted by Crippen LogP contribution is 2.19. The van der Waals surface area contributed by atoms with E-state index in [0.717, 1.165) is 22.5 Å². The Morgan fingerprint density at radius 1 is 1.30 bits per heavy atom. The first kappa shape index (κ1) is 21.1. The second kappa shape index (κ2) is 9.16. The van der Waals surface area contributed by atoms with Crippen molar-refractivity contribution in [3.8, 4) is 0 Å². The maximum Gasteiger partial charge on any atom is 0.251 e. The van der Waals surface area contributed by atoms with Crippen molar-refractivity contribution in [1.82, 2.24) is 14.3 Å². The van der Waals surface area contributed by atoms with Gasteiger partial charge in [0.05, 0.1) is 10.6 Å². The van der Waals surface area contributed by atoms with Crippen molar-refractivity contribution < 1.29 is 13.2 Å². The summed E-state index contributed by atoms with van der Waals surface area (Å²) in [4.78, 5) is 30.8. The minimum absolute atomic E-state index is 0.0309. The number of thioether (sulfide) groups is 1. The number of carbonyl (C=O) groups is 1. The lowest BCUT2D eigenvalue weighted by atomic mass is 10.2. The molecule has 0 saturated carbocycles. The molecule has 8 nitrogen and oxygen atoms in total. The highest BCUT2D eigenvalue weighted by Gasteiger charge is 2.17. The summed E-state index contributed by atoms with van der Waals surface area (Å²) in [5, 5.41) is 3.04. The van der Waals surface area contributed by atoms with Crippen LogP contribution in [0.4, 0.5) is 5.69 Å². The molecule has 0 aliphatic carbocycles. The van der Waals surface area contributed by atoms with Crippen molar-refractivity contribution in [2.45, 2.75) is 29.8 Å². The van der Waals surface area contributed by atoms with Gasteiger partial charge in [0, 0.05) is 31.5 Å². The molecule has 0 bridgehead atoms. The largest absolute Gasteiger partial charge is 0.325 e. The fraction of sp³-hybridized carbons (Fsp3) is 0.353. The third kappa shape index (κ3) is 5.91. The van der Waals surface area contributed by atoms with Crippen LogP contribution in [0.3, 0.4) is 0 Å². The number of hydrogen-bond acceptors (Lipinski definition) is 6. The summed E-state index contributed by atoms with van der Waals surface area (Å²) in [6.07, 6.45) is 1.56. The van der Waals surface area contributed by atoms with E-state index >= 15 is 0 Å². The zero-order valence-corrected chi connectivity index (χ0v) is 17.0. The van der Waals surface area contributed by atoms with E-state index < -0.39 is 10.0 Å². The van der Waals surface area contributed by atoms with E-state index in [-0.39, 0.29) is 22.1 Å². The second-order valence-electron chi connectivity index (χ2n) is 5.94. The Hall–Kier alpha value is -2.17. The highest BCUT2D eigenvalue weighted by atomic mass is 32.2. The van der Waals surface area contributed by atoms with Crippen LogP contribution in [0, 0.1) is 0 Å². The molecule has 0 aliphatic heterocycles. The van der Waals surface area contributed by atoms with Crippen LogP contribution < -0.4 is 10.9 Å². The minimum Gasteiger partial charge on any atom is -0.325 e. The molecule has 2 N–H and O–H groups in total. The summed E-state index contributed by atoms with van der Waals surface area (Å²) in [7, 11) is -0.694. The van der Waals surface area contributed by atoms with Gasteiger partial charge in [-0.2, -0.15) is 0 Å². The van der Waals surface area contributed by atoms with Crippen molar-refractivity contribution >= 4 is 33.4 Å². The SMILES string of the molecule is CCCc1cc(=O)[nH]c(SCC(=O)Nc2cccc(S(=O)(=O)N(C)C)c2)n1. The Labute approximate surface area is 162 Å². The third-order valence-electron chi connectivity index (χ3n) is 3.52. The van der Waals surface area contributed by atoms with Crippen molar-refractivity contribution in [1.29, 1.82) is 0 Å². The van der Waals surface area contributed by atoms with Gasteiger partial charge in [-0.25, -0.2) is 17.7 Å². The maximum absolute atomic E-state index is 12.2. The number of benzene rings is 1. The molecule has 2 rings (SSSR count). The molecule has 0 aliphatic rings. The van der Waals surface area contributed by atoms with Crippen molar-refractivity contribution in [3.05, 3.63) is 46.4 Å². The van der Waals surface area contributed by atoms with Crippen molar-refractivity contribution in [2.75, 3.05) is 25.2 Å². The molecule has 1 amide bonds. The molecule has 1 aromatic carbocycles. The fourth-order valence-corrected chi connectivity index (χ4v) is 3.85. The summed E-state index contributed by atoms with van der Waals surface area (Å²) in [5.41, 5.74) is 0.813. The molecule has 27 heavy (non-hydrogen) atoms. The van der Waals surface area contributed by atoms with E-state index in [2.05, 4.69) is 15.3 Å². The number of rotatable bonds is 8. The quantitative estimate of drug-likeness (QED) is 0.506. The predicted octanol–water partition coefficient (Wildman–Crippen LogP) is 1.70. The van der Waals surface area contributed by atoms with Gasteiger partial charge in [0.2, 0.25) is 15.9 Å². The van der Waals surface area contributed by atoms with E-state index in [4.69, 9.17) is 0 Å². The molecule has 1 heterocycles. The van der Waals surface area contributed by atoms with E-state index in [9.17, 15) is 18.0 Å². The molecule has 1 aromatic heterocycles. The first-order chi connectivity index (χ1) is 12.7. The van der Waals surface area contributed by atoms with Gasteiger partial charge in [0.25, 0.3) is 5.56 Å². The average Bonchev–Trinajstić information content (AvgIpc) is 2.60. The zero-order valence-electron chi connectivity index (χ0n) is 15.4. The van der Waals surface area contributed by atoms with Gasteiger partial charge in [0.15, 0.2) is 5.16 Å². The Bertz CT molecular complexity index is 971. The lowest BCUT2D eigenvalue weighted by molar-refractivity contribution is -0.113. The van der Waals surface area contributed by atoms with Gasteiger partial charge in [-0.3, -0.25) is 9.59 Å². The fourth-order valence-electron chi connectivity index (χ4n) is 2.21. The van der Waals surface area contributed by atoms with Crippen LogP contribution in [0.1, 0.15) is 19.0 Å². The Kier molecular flexibility index (Phi) is 7.17. The van der Waals surface area contributed by atoms with Crippen LogP contribution in [0.5, 0.6) is 0 Å². The van der Waals surface area contributed by atoms with Crippen LogP contribution in [0.15, 0.2) is 45.2 Å².